The second kappa shape index (κ2) is 6.79. The second-order valence-corrected chi connectivity index (χ2v) is 6.71. The monoisotopic (exact) mass is 362 g/mol. The van der Waals surface area contributed by atoms with Crippen LogP contribution >= 0.6 is 0 Å². The van der Waals surface area contributed by atoms with Gasteiger partial charge < -0.3 is 9.88 Å². The summed E-state index contributed by atoms with van der Waals surface area (Å²) < 4.78 is 15.3. The Morgan fingerprint density at radius 2 is 2.15 bits per heavy atom. The maximum absolute atomic E-state index is 13.5. The lowest BCUT2D eigenvalue weighted by Gasteiger charge is -2.16. The minimum Gasteiger partial charge on any atom is -0.327 e. The van der Waals surface area contributed by atoms with E-state index in [4.69, 9.17) is 0 Å². The van der Waals surface area contributed by atoms with E-state index in [0.717, 1.165) is 23.0 Å². The molecule has 0 fully saturated rings. The molecule has 2 heterocycles. The molecule has 1 aliphatic carbocycles. The zero-order chi connectivity index (χ0) is 19.0. The standard InChI is InChI=1S/C21H19FN4O/c1-13-5-3-4-6-16(13)21(27)24-15-7-8-17-18(12-15)26(2)20(25-17)14-9-10-23-19(22)11-14/h3-4,6-13H,5H2,1-2H3,(H,24,27). The van der Waals surface area contributed by atoms with Crippen molar-refractivity contribution in [1.82, 2.24) is 14.5 Å². The van der Waals surface area contributed by atoms with Crippen molar-refractivity contribution in [2.45, 2.75) is 13.3 Å². The van der Waals surface area contributed by atoms with Gasteiger partial charge in [0.25, 0.3) is 5.91 Å². The van der Waals surface area contributed by atoms with Gasteiger partial charge in [0.1, 0.15) is 5.82 Å². The van der Waals surface area contributed by atoms with Crippen molar-refractivity contribution in [3.05, 3.63) is 66.3 Å². The predicted octanol–water partition coefficient (Wildman–Crippen LogP) is 4.24. The predicted molar refractivity (Wildman–Crippen MR) is 104 cm³/mol. The number of carbonyl (C=O) groups is 1. The SMILES string of the molecule is CC1CC=CC=C1C(=O)Nc1ccc2nc(-c3ccnc(F)c3)n(C)c2c1. The normalized spacial score (nSPS) is 16.4. The van der Waals surface area contributed by atoms with Crippen molar-refractivity contribution in [1.29, 1.82) is 0 Å². The fourth-order valence-corrected chi connectivity index (χ4v) is 3.32. The highest BCUT2D eigenvalue weighted by molar-refractivity contribution is 6.05. The van der Waals surface area contributed by atoms with Gasteiger partial charge in [-0.25, -0.2) is 9.97 Å². The van der Waals surface area contributed by atoms with E-state index in [1.165, 1.54) is 12.3 Å². The van der Waals surface area contributed by atoms with E-state index in [0.29, 0.717) is 17.1 Å². The highest BCUT2D eigenvalue weighted by Crippen LogP contribution is 2.27. The zero-order valence-electron chi connectivity index (χ0n) is 15.1. The highest BCUT2D eigenvalue weighted by atomic mass is 19.1. The Morgan fingerprint density at radius 1 is 1.30 bits per heavy atom. The van der Waals surface area contributed by atoms with E-state index in [-0.39, 0.29) is 11.8 Å². The van der Waals surface area contributed by atoms with E-state index < -0.39 is 5.95 Å². The Labute approximate surface area is 156 Å². The number of nitrogens with one attached hydrogen (secondary N) is 1. The number of allylic oxidation sites excluding steroid dienone is 3. The zero-order valence-corrected chi connectivity index (χ0v) is 15.1. The number of fused-ring (bicyclic) bond motifs is 1. The molecule has 0 bridgehead atoms. The average Bonchev–Trinajstić information content (AvgIpc) is 2.98. The maximum Gasteiger partial charge on any atom is 0.251 e. The molecule has 2 aromatic heterocycles. The molecular formula is C21H19FN4O. The van der Waals surface area contributed by atoms with Crippen molar-refractivity contribution in [2.75, 3.05) is 5.32 Å². The Hall–Kier alpha value is -3.28. The molecule has 3 aromatic rings. The van der Waals surface area contributed by atoms with Crippen LogP contribution in [0.5, 0.6) is 0 Å². The molecule has 4 rings (SSSR count). The smallest absolute Gasteiger partial charge is 0.251 e. The minimum atomic E-state index is -0.545. The van der Waals surface area contributed by atoms with Crippen molar-refractivity contribution in [3.8, 4) is 11.4 Å². The molecule has 1 aliphatic rings. The molecule has 27 heavy (non-hydrogen) atoms. The summed E-state index contributed by atoms with van der Waals surface area (Å²) in [4.78, 5) is 20.7. The number of rotatable bonds is 3. The first-order chi connectivity index (χ1) is 13.0. The molecule has 1 amide bonds. The first kappa shape index (κ1) is 17.1. The number of pyridine rings is 1. The summed E-state index contributed by atoms with van der Waals surface area (Å²) in [6.07, 6.45) is 8.13. The van der Waals surface area contributed by atoms with Gasteiger partial charge in [0.15, 0.2) is 0 Å². The molecule has 1 N–H and O–H groups in total. The van der Waals surface area contributed by atoms with Gasteiger partial charge in [-0.1, -0.05) is 25.2 Å². The van der Waals surface area contributed by atoms with Gasteiger partial charge >= 0.3 is 0 Å². The Morgan fingerprint density at radius 3 is 2.93 bits per heavy atom. The van der Waals surface area contributed by atoms with Crippen LogP contribution in [0.3, 0.4) is 0 Å². The van der Waals surface area contributed by atoms with E-state index in [2.05, 4.69) is 21.4 Å². The van der Waals surface area contributed by atoms with Gasteiger partial charge in [0.2, 0.25) is 5.95 Å². The molecule has 6 heteroatoms. The quantitative estimate of drug-likeness (QED) is 0.709. The average molecular weight is 362 g/mol. The Bertz CT molecular complexity index is 1100. The van der Waals surface area contributed by atoms with Gasteiger partial charge in [-0.3, -0.25) is 4.79 Å². The lowest BCUT2D eigenvalue weighted by molar-refractivity contribution is -0.113. The van der Waals surface area contributed by atoms with Crippen LogP contribution in [0.25, 0.3) is 22.4 Å². The number of anilines is 1. The molecule has 0 saturated carbocycles. The summed E-state index contributed by atoms with van der Waals surface area (Å²) in [5.41, 5.74) is 3.75. The summed E-state index contributed by atoms with van der Waals surface area (Å²) >= 11 is 0. The van der Waals surface area contributed by atoms with Crippen molar-refractivity contribution >= 4 is 22.6 Å². The molecular weight excluding hydrogens is 343 g/mol. The van der Waals surface area contributed by atoms with Crippen LogP contribution in [0.15, 0.2) is 60.3 Å². The molecule has 1 aromatic carbocycles. The van der Waals surface area contributed by atoms with Crippen LogP contribution in [0, 0.1) is 11.9 Å². The van der Waals surface area contributed by atoms with E-state index in [1.54, 1.807) is 6.07 Å². The summed E-state index contributed by atoms with van der Waals surface area (Å²) in [7, 11) is 1.87. The van der Waals surface area contributed by atoms with Crippen LogP contribution in [-0.4, -0.2) is 20.4 Å². The molecule has 0 saturated heterocycles. The fraction of sp³-hybridized carbons (Fsp3) is 0.190. The Balaban J connectivity index is 1.66. The molecule has 1 atom stereocenters. The largest absolute Gasteiger partial charge is 0.327 e. The molecule has 5 nitrogen and oxygen atoms in total. The van der Waals surface area contributed by atoms with Crippen molar-refractivity contribution < 1.29 is 9.18 Å². The van der Waals surface area contributed by atoms with Crippen molar-refractivity contribution in [3.63, 3.8) is 0 Å². The summed E-state index contributed by atoms with van der Waals surface area (Å²) in [5.74, 6) is 0.202. The summed E-state index contributed by atoms with van der Waals surface area (Å²) in [6.45, 7) is 2.04. The van der Waals surface area contributed by atoms with Gasteiger partial charge in [-0.15, -0.1) is 0 Å². The van der Waals surface area contributed by atoms with Crippen LogP contribution < -0.4 is 5.32 Å². The summed E-state index contributed by atoms with van der Waals surface area (Å²) in [5, 5.41) is 2.97. The van der Waals surface area contributed by atoms with Crippen LogP contribution in [-0.2, 0) is 11.8 Å². The number of hydrogen-bond donors (Lipinski definition) is 1. The molecule has 1 unspecified atom stereocenters. The topological polar surface area (TPSA) is 59.8 Å². The van der Waals surface area contributed by atoms with E-state index in [1.807, 2.05) is 48.9 Å². The molecule has 0 radical (unpaired) electrons. The number of halogens is 1. The van der Waals surface area contributed by atoms with Crippen LogP contribution in [0.4, 0.5) is 10.1 Å². The molecule has 0 aliphatic heterocycles. The number of aryl methyl sites for hydroxylation is 1. The number of aromatic nitrogens is 3. The number of imidazole rings is 1. The first-order valence-corrected chi connectivity index (χ1v) is 8.79. The molecule has 0 spiro atoms. The second-order valence-electron chi connectivity index (χ2n) is 6.71. The Kier molecular flexibility index (Phi) is 4.32. The number of hydrogen-bond acceptors (Lipinski definition) is 3. The third-order valence-corrected chi connectivity index (χ3v) is 4.82. The fourth-order valence-electron chi connectivity index (χ4n) is 3.32. The summed E-state index contributed by atoms with van der Waals surface area (Å²) in [6, 6.07) is 8.63. The number of amides is 1. The molecule has 136 valence electrons. The highest BCUT2D eigenvalue weighted by Gasteiger charge is 2.18. The third kappa shape index (κ3) is 3.26. The van der Waals surface area contributed by atoms with Gasteiger partial charge in [-0.2, -0.15) is 4.39 Å². The number of benzene rings is 1. The minimum absolute atomic E-state index is 0.0928. The van der Waals surface area contributed by atoms with Gasteiger partial charge in [0, 0.05) is 36.1 Å². The van der Waals surface area contributed by atoms with Crippen molar-refractivity contribution in [2.24, 2.45) is 13.0 Å². The lowest BCUT2D eigenvalue weighted by atomic mass is 9.93. The van der Waals surface area contributed by atoms with Gasteiger partial charge in [-0.05, 0) is 36.6 Å². The van der Waals surface area contributed by atoms with E-state index >= 15 is 0 Å². The number of carbonyl (C=O) groups excluding carboxylic acids is 1. The van der Waals surface area contributed by atoms with E-state index in [9.17, 15) is 9.18 Å². The number of nitrogens with zero attached hydrogens (tertiary/aromatic N) is 3. The maximum atomic E-state index is 13.5. The van der Waals surface area contributed by atoms with Crippen LogP contribution in [0.1, 0.15) is 13.3 Å². The van der Waals surface area contributed by atoms with Gasteiger partial charge in [0.05, 0.1) is 11.0 Å². The first-order valence-electron chi connectivity index (χ1n) is 8.79. The lowest BCUT2D eigenvalue weighted by Crippen LogP contribution is -2.19. The third-order valence-electron chi connectivity index (χ3n) is 4.82. The van der Waals surface area contributed by atoms with Crippen LogP contribution in [0.2, 0.25) is 0 Å².